The second kappa shape index (κ2) is 8.10. The minimum absolute atomic E-state index is 0.0929. The molecule has 0 aliphatic carbocycles. The normalized spacial score (nSPS) is 19.1. The van der Waals surface area contributed by atoms with Crippen LogP contribution < -0.4 is 5.32 Å². The molecule has 0 spiro atoms. The van der Waals surface area contributed by atoms with Crippen LogP contribution >= 0.6 is 0 Å². The Balaban J connectivity index is 1.66. The molecule has 0 saturated carbocycles. The topological polar surface area (TPSA) is 73.6 Å². The standard InChI is InChI=1S/C20H29N5O2/c1-14-10-15(2)25(22-14)19-7-5-6-18(11-19)21-20(27)24-9-8-23(12-16(24)3)13-17(4)26/h5-7,10-11,16-17,26H,8-9,12-13H2,1-4H3,(H,21,27)/t16-,17-/m1/s1. The van der Waals surface area contributed by atoms with Gasteiger partial charge in [0.15, 0.2) is 0 Å². The van der Waals surface area contributed by atoms with Crippen LogP contribution in [0.4, 0.5) is 10.5 Å². The molecule has 1 aromatic heterocycles. The van der Waals surface area contributed by atoms with Crippen LogP contribution in [0.5, 0.6) is 0 Å². The molecule has 2 atom stereocenters. The van der Waals surface area contributed by atoms with E-state index in [-0.39, 0.29) is 18.2 Å². The third-order valence-electron chi connectivity index (χ3n) is 4.85. The number of piperazine rings is 1. The molecule has 1 aromatic carbocycles. The van der Waals surface area contributed by atoms with Gasteiger partial charge < -0.3 is 15.3 Å². The Kier molecular flexibility index (Phi) is 5.82. The summed E-state index contributed by atoms with van der Waals surface area (Å²) in [5, 5.41) is 17.1. The van der Waals surface area contributed by atoms with Crippen molar-refractivity contribution in [3.8, 4) is 5.69 Å². The van der Waals surface area contributed by atoms with Gasteiger partial charge in [0.1, 0.15) is 0 Å². The molecule has 7 nitrogen and oxygen atoms in total. The van der Waals surface area contributed by atoms with E-state index in [1.165, 1.54) is 0 Å². The van der Waals surface area contributed by atoms with Gasteiger partial charge in [-0.3, -0.25) is 4.90 Å². The van der Waals surface area contributed by atoms with Crippen LogP contribution in [0.2, 0.25) is 0 Å². The van der Waals surface area contributed by atoms with E-state index in [0.29, 0.717) is 13.1 Å². The van der Waals surface area contributed by atoms with E-state index < -0.39 is 0 Å². The van der Waals surface area contributed by atoms with Crippen LogP contribution in [0.25, 0.3) is 5.69 Å². The third kappa shape index (κ3) is 4.67. The lowest BCUT2D eigenvalue weighted by Gasteiger charge is -2.40. The molecule has 2 N–H and O–H groups in total. The van der Waals surface area contributed by atoms with E-state index in [1.807, 2.05) is 60.7 Å². The number of hydrogen-bond donors (Lipinski definition) is 2. The number of hydrogen-bond acceptors (Lipinski definition) is 4. The van der Waals surface area contributed by atoms with Crippen molar-refractivity contribution in [2.45, 2.75) is 39.8 Å². The highest BCUT2D eigenvalue weighted by Crippen LogP contribution is 2.18. The number of aromatic nitrogens is 2. The quantitative estimate of drug-likeness (QED) is 0.866. The molecule has 1 aliphatic heterocycles. The van der Waals surface area contributed by atoms with Crippen LogP contribution in [0.3, 0.4) is 0 Å². The van der Waals surface area contributed by atoms with Crippen molar-refractivity contribution in [3.05, 3.63) is 41.7 Å². The summed E-state index contributed by atoms with van der Waals surface area (Å²) in [5.41, 5.74) is 3.70. The zero-order valence-electron chi connectivity index (χ0n) is 16.5. The van der Waals surface area contributed by atoms with Crippen molar-refractivity contribution in [2.75, 3.05) is 31.5 Å². The SMILES string of the molecule is Cc1cc(C)n(-c2cccc(NC(=O)N3CCN(C[C@@H](C)O)C[C@H]3C)c2)n1. The van der Waals surface area contributed by atoms with E-state index in [4.69, 9.17) is 0 Å². The maximum atomic E-state index is 12.8. The largest absolute Gasteiger partial charge is 0.392 e. The first kappa shape index (κ1) is 19.4. The summed E-state index contributed by atoms with van der Waals surface area (Å²) in [6.07, 6.45) is -0.352. The second-order valence-electron chi connectivity index (χ2n) is 7.47. The summed E-state index contributed by atoms with van der Waals surface area (Å²) in [5.74, 6) is 0. The summed E-state index contributed by atoms with van der Waals surface area (Å²) >= 11 is 0. The van der Waals surface area contributed by atoms with Crippen molar-refractivity contribution in [3.63, 3.8) is 0 Å². The summed E-state index contributed by atoms with van der Waals surface area (Å²) in [4.78, 5) is 16.8. The predicted molar refractivity (Wildman–Crippen MR) is 106 cm³/mol. The van der Waals surface area contributed by atoms with Crippen molar-refractivity contribution in [1.29, 1.82) is 0 Å². The van der Waals surface area contributed by atoms with E-state index in [1.54, 1.807) is 6.92 Å². The van der Waals surface area contributed by atoms with E-state index >= 15 is 0 Å². The minimum Gasteiger partial charge on any atom is -0.392 e. The number of nitrogens with zero attached hydrogens (tertiary/aromatic N) is 4. The molecule has 2 heterocycles. The smallest absolute Gasteiger partial charge is 0.322 e. The number of aryl methyl sites for hydroxylation is 2. The van der Waals surface area contributed by atoms with E-state index in [0.717, 1.165) is 35.9 Å². The number of anilines is 1. The second-order valence-corrected chi connectivity index (χ2v) is 7.47. The number of β-amino-alcohol motifs (C(OH)–C–C–N with tert-alkyl or cyclic N) is 1. The average molecular weight is 371 g/mol. The first-order valence-corrected chi connectivity index (χ1v) is 9.45. The van der Waals surface area contributed by atoms with Crippen LogP contribution in [0, 0.1) is 13.8 Å². The number of carbonyl (C=O) groups excluding carboxylic acids is 1. The number of benzene rings is 1. The number of nitrogens with one attached hydrogen (secondary N) is 1. The maximum Gasteiger partial charge on any atom is 0.322 e. The molecule has 0 unspecified atom stereocenters. The molecule has 0 radical (unpaired) electrons. The van der Waals surface area contributed by atoms with Gasteiger partial charge in [0.05, 0.1) is 17.5 Å². The molecule has 2 aromatic rings. The minimum atomic E-state index is -0.352. The highest BCUT2D eigenvalue weighted by Gasteiger charge is 2.27. The zero-order chi connectivity index (χ0) is 19.6. The molecule has 27 heavy (non-hydrogen) atoms. The fourth-order valence-electron chi connectivity index (χ4n) is 3.68. The number of urea groups is 1. The van der Waals surface area contributed by atoms with E-state index in [2.05, 4.69) is 15.3 Å². The van der Waals surface area contributed by atoms with Crippen molar-refractivity contribution >= 4 is 11.7 Å². The van der Waals surface area contributed by atoms with Crippen molar-refractivity contribution < 1.29 is 9.90 Å². The molecule has 146 valence electrons. The summed E-state index contributed by atoms with van der Waals surface area (Å²) < 4.78 is 1.88. The molecular weight excluding hydrogens is 342 g/mol. The van der Waals surface area contributed by atoms with E-state index in [9.17, 15) is 9.90 Å². The molecular formula is C20H29N5O2. The number of rotatable bonds is 4. The van der Waals surface area contributed by atoms with Gasteiger partial charge >= 0.3 is 6.03 Å². The lowest BCUT2D eigenvalue weighted by atomic mass is 10.2. The fourth-order valence-corrected chi connectivity index (χ4v) is 3.68. The fraction of sp³-hybridized carbons (Fsp3) is 0.500. The van der Waals surface area contributed by atoms with Crippen molar-refractivity contribution in [1.82, 2.24) is 19.6 Å². The molecule has 2 amide bonds. The van der Waals surface area contributed by atoms with Gasteiger partial charge in [0.2, 0.25) is 0 Å². The van der Waals surface area contributed by atoms with Crippen LogP contribution in [-0.2, 0) is 0 Å². The van der Waals surface area contributed by atoms with Gasteiger partial charge in [0, 0.05) is 43.6 Å². The Labute approximate surface area is 160 Å². The van der Waals surface area contributed by atoms with Crippen LogP contribution in [-0.4, -0.2) is 69.0 Å². The Bertz CT molecular complexity index is 801. The first-order valence-electron chi connectivity index (χ1n) is 9.45. The van der Waals surface area contributed by atoms with Gasteiger partial charge in [-0.05, 0) is 52.0 Å². The first-order chi connectivity index (χ1) is 12.8. The van der Waals surface area contributed by atoms with Gasteiger partial charge in [-0.25, -0.2) is 9.48 Å². The lowest BCUT2D eigenvalue weighted by molar-refractivity contribution is 0.0692. The number of aliphatic hydroxyl groups is 1. The average Bonchev–Trinajstić information content (AvgIpc) is 2.93. The Morgan fingerprint density at radius 2 is 2.11 bits per heavy atom. The Morgan fingerprint density at radius 3 is 2.74 bits per heavy atom. The third-order valence-corrected chi connectivity index (χ3v) is 4.85. The molecule has 0 bridgehead atoms. The van der Waals surface area contributed by atoms with Crippen LogP contribution in [0.1, 0.15) is 25.2 Å². The number of carbonyl (C=O) groups is 1. The van der Waals surface area contributed by atoms with Crippen LogP contribution in [0.15, 0.2) is 30.3 Å². The maximum absolute atomic E-state index is 12.8. The van der Waals surface area contributed by atoms with Gasteiger partial charge in [-0.2, -0.15) is 5.10 Å². The zero-order valence-corrected chi connectivity index (χ0v) is 16.5. The Hall–Kier alpha value is -2.38. The predicted octanol–water partition coefficient (Wildman–Crippen LogP) is 2.41. The lowest BCUT2D eigenvalue weighted by Crippen LogP contribution is -2.56. The summed E-state index contributed by atoms with van der Waals surface area (Å²) in [7, 11) is 0. The number of aliphatic hydroxyl groups excluding tert-OH is 1. The molecule has 7 heteroatoms. The molecule has 1 fully saturated rings. The molecule has 1 aliphatic rings. The molecule has 3 rings (SSSR count). The van der Waals surface area contributed by atoms with Crippen molar-refractivity contribution in [2.24, 2.45) is 0 Å². The highest BCUT2D eigenvalue weighted by atomic mass is 16.3. The monoisotopic (exact) mass is 371 g/mol. The van der Waals surface area contributed by atoms with Gasteiger partial charge in [-0.1, -0.05) is 6.07 Å². The summed E-state index contributed by atoms with van der Waals surface area (Å²) in [6.45, 7) is 10.6. The Morgan fingerprint density at radius 1 is 1.33 bits per heavy atom. The van der Waals surface area contributed by atoms with Gasteiger partial charge in [0.25, 0.3) is 0 Å². The number of amides is 2. The van der Waals surface area contributed by atoms with Gasteiger partial charge in [-0.15, -0.1) is 0 Å². The summed E-state index contributed by atoms with van der Waals surface area (Å²) in [6, 6.07) is 9.76. The highest BCUT2D eigenvalue weighted by molar-refractivity contribution is 5.90. The molecule has 1 saturated heterocycles.